The fourth-order valence-corrected chi connectivity index (χ4v) is 3.50. The van der Waals surface area contributed by atoms with Gasteiger partial charge in [0, 0.05) is 23.3 Å². The van der Waals surface area contributed by atoms with E-state index in [0.29, 0.717) is 22.4 Å². The van der Waals surface area contributed by atoms with Gasteiger partial charge in [-0.15, -0.1) is 0 Å². The summed E-state index contributed by atoms with van der Waals surface area (Å²) in [5.74, 6) is 0.291. The number of nitrogens with zero attached hydrogens (tertiary/aromatic N) is 6. The maximum atomic E-state index is 12.6. The number of benzene rings is 2. The number of tetrazole rings is 1. The second kappa shape index (κ2) is 6.48. The standard InChI is InChI=1S/C18H12N8O4/c27-12-3-1-2-10(8-12)16-13-14(9-4-6-11(7-5-9)26(29)30)20-21-17(28)15(13)19-18-22-23-24-25(16)18/h1-8,16,27H,(H,21,28)(H,19,22,24)/t16-/m0/s1. The number of fused-ring (bicyclic) bond motifs is 2. The zero-order valence-corrected chi connectivity index (χ0v) is 15.1. The molecule has 0 unspecified atom stereocenters. The minimum atomic E-state index is -0.668. The van der Waals surface area contributed by atoms with E-state index in [4.69, 9.17) is 0 Å². The average molecular weight is 404 g/mol. The van der Waals surface area contributed by atoms with Crippen LogP contribution in [0.4, 0.5) is 17.3 Å². The van der Waals surface area contributed by atoms with Gasteiger partial charge in [-0.2, -0.15) is 9.78 Å². The molecule has 3 N–H and O–H groups in total. The Morgan fingerprint density at radius 3 is 2.70 bits per heavy atom. The van der Waals surface area contributed by atoms with Gasteiger partial charge in [0.15, 0.2) is 0 Å². The maximum Gasteiger partial charge on any atom is 0.288 e. The Morgan fingerprint density at radius 1 is 1.17 bits per heavy atom. The van der Waals surface area contributed by atoms with Crippen LogP contribution in [-0.4, -0.2) is 40.4 Å². The van der Waals surface area contributed by atoms with Crippen molar-refractivity contribution in [3.05, 3.63) is 80.1 Å². The number of phenolic OH excluding ortho intramolecular Hbond substituents is 1. The number of nitro benzene ring substituents is 1. The van der Waals surface area contributed by atoms with Gasteiger partial charge < -0.3 is 10.4 Å². The molecule has 0 fully saturated rings. The Bertz CT molecular complexity index is 1350. The molecule has 30 heavy (non-hydrogen) atoms. The molecule has 4 aromatic rings. The molecule has 3 heterocycles. The molecule has 0 aliphatic carbocycles. The van der Waals surface area contributed by atoms with Crippen LogP contribution >= 0.6 is 0 Å². The molecule has 0 spiro atoms. The fraction of sp³-hybridized carbons (Fsp3) is 0.0556. The van der Waals surface area contributed by atoms with Crippen molar-refractivity contribution in [3.63, 3.8) is 0 Å². The molecule has 12 heteroatoms. The number of H-pyrrole nitrogens is 1. The Hall–Kier alpha value is -4.61. The van der Waals surface area contributed by atoms with Crippen molar-refractivity contribution < 1.29 is 10.0 Å². The molecule has 0 bridgehead atoms. The molecule has 0 radical (unpaired) electrons. The van der Waals surface area contributed by atoms with Gasteiger partial charge in [0.25, 0.3) is 11.2 Å². The number of aromatic amines is 1. The van der Waals surface area contributed by atoms with Crippen LogP contribution in [0.1, 0.15) is 17.2 Å². The van der Waals surface area contributed by atoms with Gasteiger partial charge in [-0.25, -0.2) is 5.10 Å². The molecule has 0 saturated carbocycles. The van der Waals surface area contributed by atoms with E-state index in [1.54, 1.807) is 30.3 Å². The quantitative estimate of drug-likeness (QED) is 0.300. The summed E-state index contributed by atoms with van der Waals surface area (Å²) in [6.07, 6.45) is 0. The van der Waals surface area contributed by atoms with E-state index in [1.165, 1.54) is 22.9 Å². The fourth-order valence-electron chi connectivity index (χ4n) is 3.50. The third-order valence-corrected chi connectivity index (χ3v) is 4.81. The van der Waals surface area contributed by atoms with E-state index in [9.17, 15) is 20.0 Å². The first kappa shape index (κ1) is 17.5. The largest absolute Gasteiger partial charge is 0.508 e. The van der Waals surface area contributed by atoms with E-state index in [2.05, 4.69) is 31.0 Å². The van der Waals surface area contributed by atoms with Crippen molar-refractivity contribution in [1.82, 2.24) is 30.4 Å². The summed E-state index contributed by atoms with van der Waals surface area (Å²) in [6, 6.07) is 11.7. The topological polar surface area (TPSA) is 165 Å². The minimum absolute atomic E-state index is 0.0388. The predicted molar refractivity (Wildman–Crippen MR) is 103 cm³/mol. The van der Waals surface area contributed by atoms with E-state index < -0.39 is 16.5 Å². The Labute approximate surface area is 167 Å². The highest BCUT2D eigenvalue weighted by atomic mass is 16.6. The minimum Gasteiger partial charge on any atom is -0.508 e. The van der Waals surface area contributed by atoms with E-state index in [1.807, 2.05) is 0 Å². The van der Waals surface area contributed by atoms with Gasteiger partial charge in [0.05, 0.1) is 10.6 Å². The smallest absolute Gasteiger partial charge is 0.288 e. The Kier molecular flexibility index (Phi) is 3.78. The molecule has 1 aliphatic rings. The first-order chi connectivity index (χ1) is 14.5. The number of anilines is 2. The highest BCUT2D eigenvalue weighted by Gasteiger charge is 2.34. The van der Waals surface area contributed by atoms with Crippen LogP contribution in [0, 0.1) is 10.1 Å². The van der Waals surface area contributed by atoms with Crippen LogP contribution in [-0.2, 0) is 0 Å². The number of hydrogen-bond acceptors (Lipinski definition) is 9. The van der Waals surface area contributed by atoms with Crippen molar-refractivity contribution in [2.75, 3.05) is 5.32 Å². The number of phenols is 1. The lowest BCUT2D eigenvalue weighted by Gasteiger charge is -2.27. The van der Waals surface area contributed by atoms with Crippen LogP contribution in [0.2, 0.25) is 0 Å². The van der Waals surface area contributed by atoms with Gasteiger partial charge in [0.1, 0.15) is 17.5 Å². The predicted octanol–water partition coefficient (Wildman–Crippen LogP) is 1.73. The van der Waals surface area contributed by atoms with Gasteiger partial charge in [0.2, 0.25) is 5.95 Å². The first-order valence-corrected chi connectivity index (χ1v) is 8.74. The summed E-state index contributed by atoms with van der Waals surface area (Å²) in [7, 11) is 0. The van der Waals surface area contributed by atoms with Crippen LogP contribution in [0.3, 0.4) is 0 Å². The third kappa shape index (κ3) is 2.66. The van der Waals surface area contributed by atoms with Crippen molar-refractivity contribution in [1.29, 1.82) is 0 Å². The van der Waals surface area contributed by atoms with E-state index >= 15 is 0 Å². The highest BCUT2D eigenvalue weighted by molar-refractivity contribution is 5.75. The third-order valence-electron chi connectivity index (χ3n) is 4.81. The van der Waals surface area contributed by atoms with Crippen molar-refractivity contribution in [3.8, 4) is 17.0 Å². The number of aromatic hydroxyl groups is 1. The van der Waals surface area contributed by atoms with Crippen LogP contribution in [0.5, 0.6) is 5.75 Å². The monoisotopic (exact) mass is 404 g/mol. The van der Waals surface area contributed by atoms with Crippen molar-refractivity contribution in [2.45, 2.75) is 6.04 Å². The number of nitro groups is 1. The molecular formula is C18H12N8O4. The summed E-state index contributed by atoms with van der Waals surface area (Å²) >= 11 is 0. The summed E-state index contributed by atoms with van der Waals surface area (Å²) in [4.78, 5) is 23.1. The maximum absolute atomic E-state index is 12.6. The molecule has 0 amide bonds. The van der Waals surface area contributed by atoms with Crippen molar-refractivity contribution in [2.24, 2.45) is 0 Å². The molecule has 0 saturated heterocycles. The number of hydrogen-bond donors (Lipinski definition) is 3. The highest BCUT2D eigenvalue weighted by Crippen LogP contribution is 2.41. The summed E-state index contributed by atoms with van der Waals surface area (Å²) in [5, 5.41) is 42.1. The van der Waals surface area contributed by atoms with Gasteiger partial charge in [-0.3, -0.25) is 14.9 Å². The zero-order valence-electron chi connectivity index (χ0n) is 15.1. The van der Waals surface area contributed by atoms with E-state index in [-0.39, 0.29) is 23.1 Å². The lowest BCUT2D eigenvalue weighted by molar-refractivity contribution is -0.384. The number of nitrogens with one attached hydrogen (secondary N) is 2. The molecule has 1 aliphatic heterocycles. The number of rotatable bonds is 3. The Morgan fingerprint density at radius 2 is 1.97 bits per heavy atom. The van der Waals surface area contributed by atoms with Crippen molar-refractivity contribution >= 4 is 17.3 Å². The normalized spacial score (nSPS) is 14.5. The molecule has 148 valence electrons. The van der Waals surface area contributed by atoms with Gasteiger partial charge in [-0.1, -0.05) is 17.2 Å². The summed E-state index contributed by atoms with van der Waals surface area (Å²) in [5.41, 5.74) is 1.70. The molecule has 5 rings (SSSR count). The SMILES string of the molecule is O=c1[nH]nc(-c2ccc([N+](=O)[O-])cc2)c2c1Nc1nnnn1[C@H]2c1cccc(O)c1. The molecule has 2 aromatic carbocycles. The summed E-state index contributed by atoms with van der Waals surface area (Å²) < 4.78 is 1.48. The molecular weight excluding hydrogens is 392 g/mol. The zero-order chi connectivity index (χ0) is 20.8. The lowest BCUT2D eigenvalue weighted by atomic mass is 9.92. The Balaban J connectivity index is 1.78. The van der Waals surface area contributed by atoms with Gasteiger partial charge in [-0.05, 0) is 40.3 Å². The summed E-state index contributed by atoms with van der Waals surface area (Å²) in [6.45, 7) is 0. The lowest BCUT2D eigenvalue weighted by Crippen LogP contribution is -2.29. The molecule has 12 nitrogen and oxygen atoms in total. The van der Waals surface area contributed by atoms with Crippen LogP contribution < -0.4 is 10.9 Å². The first-order valence-electron chi connectivity index (χ1n) is 8.74. The average Bonchev–Trinajstić information content (AvgIpc) is 3.21. The number of aromatic nitrogens is 6. The second-order valence-corrected chi connectivity index (χ2v) is 6.56. The second-order valence-electron chi connectivity index (χ2n) is 6.56. The van der Waals surface area contributed by atoms with Crippen LogP contribution in [0.25, 0.3) is 11.3 Å². The molecule has 1 atom stereocenters. The van der Waals surface area contributed by atoms with Crippen LogP contribution in [0.15, 0.2) is 53.3 Å². The van der Waals surface area contributed by atoms with Gasteiger partial charge >= 0.3 is 0 Å². The number of non-ortho nitro benzene ring substituents is 1. The molecule has 2 aromatic heterocycles. The van der Waals surface area contributed by atoms with E-state index in [0.717, 1.165) is 0 Å².